The molecule has 0 unspecified atom stereocenters. The van der Waals surface area contributed by atoms with E-state index < -0.39 is 0 Å². The first-order chi connectivity index (χ1) is 7.22. The molecule has 0 atom stereocenters. The predicted octanol–water partition coefficient (Wildman–Crippen LogP) is 2.34. The van der Waals surface area contributed by atoms with E-state index in [0.717, 1.165) is 25.0 Å². The van der Waals surface area contributed by atoms with E-state index in [1.54, 1.807) is 6.92 Å². The number of hydrogen-bond acceptors (Lipinski definition) is 3. The summed E-state index contributed by atoms with van der Waals surface area (Å²) in [5, 5.41) is 0. The van der Waals surface area contributed by atoms with Gasteiger partial charge in [0.15, 0.2) is 0 Å². The maximum atomic E-state index is 11.4. The van der Waals surface area contributed by atoms with Gasteiger partial charge in [-0.05, 0) is 13.0 Å². The van der Waals surface area contributed by atoms with Gasteiger partial charge in [-0.25, -0.2) is 4.79 Å². The van der Waals surface area contributed by atoms with Crippen molar-refractivity contribution in [2.24, 2.45) is 10.9 Å². The van der Waals surface area contributed by atoms with Crippen LogP contribution in [-0.2, 0) is 42.2 Å². The summed E-state index contributed by atoms with van der Waals surface area (Å²) in [6.07, 6.45) is 4.08. The molecule has 0 saturated carbocycles. The fourth-order valence-corrected chi connectivity index (χ4v) is 1.52. The van der Waals surface area contributed by atoms with Crippen molar-refractivity contribution in [3.05, 3.63) is 25.6 Å². The number of hydrogen-bond donors (Lipinski definition) is 0. The zero-order valence-electron chi connectivity index (χ0n) is 9.74. The van der Waals surface area contributed by atoms with Gasteiger partial charge in [-0.1, -0.05) is 5.92 Å². The number of allylic oxidation sites excluding steroid dienone is 1. The zero-order valence-corrected chi connectivity index (χ0v) is 12.6. The molecule has 0 aromatic rings. The summed E-state index contributed by atoms with van der Waals surface area (Å²) < 4.78 is 4.88. The number of carbonyl (C=O) groups excluding carboxylic acids is 1. The monoisotopic (exact) mass is 296 g/mol. The smallest absolute Gasteiger partial charge is 0.356 e. The van der Waals surface area contributed by atoms with Crippen LogP contribution in [0.1, 0.15) is 26.2 Å². The van der Waals surface area contributed by atoms with Crippen molar-refractivity contribution in [1.29, 1.82) is 0 Å². The van der Waals surface area contributed by atoms with Gasteiger partial charge in [-0.3, -0.25) is 4.99 Å². The fraction of sp³-hybridized carbons (Fsp3) is 0.500. The number of carbonyl (C=O) groups is 1. The van der Waals surface area contributed by atoms with E-state index in [9.17, 15) is 4.79 Å². The number of rotatable bonds is 5. The molecular formula is C12H17NO2Y-2. The summed E-state index contributed by atoms with van der Waals surface area (Å²) in [7, 11) is 0. The minimum Gasteiger partial charge on any atom is -0.461 e. The van der Waals surface area contributed by atoms with Gasteiger partial charge in [-0.2, -0.15) is 12.8 Å². The number of esters is 1. The average molecular weight is 296 g/mol. The van der Waals surface area contributed by atoms with Gasteiger partial charge in [0, 0.05) is 44.8 Å². The average Bonchev–Trinajstić information content (AvgIpc) is 2.69. The Morgan fingerprint density at radius 1 is 1.56 bits per heavy atom. The van der Waals surface area contributed by atoms with Crippen LogP contribution in [0.5, 0.6) is 0 Å². The van der Waals surface area contributed by atoms with Gasteiger partial charge in [0.05, 0.1) is 6.61 Å². The van der Waals surface area contributed by atoms with E-state index in [1.807, 2.05) is 6.08 Å². The molecule has 0 N–H and O–H groups in total. The number of nitrogens with zero attached hydrogens (tertiary/aromatic N) is 1. The van der Waals surface area contributed by atoms with Gasteiger partial charge >= 0.3 is 5.97 Å². The van der Waals surface area contributed by atoms with Crippen molar-refractivity contribution in [3.63, 3.8) is 0 Å². The maximum Gasteiger partial charge on any atom is 0.356 e. The SMILES string of the molecule is [CH2-]CC(C[CH2-])C1=NC(C(=O)OCC)=CC1.[Y]. The first kappa shape index (κ1) is 16.0. The van der Waals surface area contributed by atoms with E-state index in [4.69, 9.17) is 4.74 Å². The van der Waals surface area contributed by atoms with Gasteiger partial charge in [0.2, 0.25) is 0 Å². The Labute approximate surface area is 123 Å². The van der Waals surface area contributed by atoms with Crippen LogP contribution < -0.4 is 0 Å². The maximum absolute atomic E-state index is 11.4. The van der Waals surface area contributed by atoms with Crippen LogP contribution in [0.2, 0.25) is 0 Å². The van der Waals surface area contributed by atoms with Crippen LogP contribution in [0.4, 0.5) is 0 Å². The second-order valence-corrected chi connectivity index (χ2v) is 3.39. The molecule has 16 heavy (non-hydrogen) atoms. The molecule has 0 aliphatic carbocycles. The van der Waals surface area contributed by atoms with Crippen LogP contribution in [0.25, 0.3) is 0 Å². The van der Waals surface area contributed by atoms with Crippen molar-refractivity contribution in [2.45, 2.75) is 26.2 Å². The molecule has 0 aromatic heterocycles. The molecule has 0 spiro atoms. The third-order valence-electron chi connectivity index (χ3n) is 2.42. The second kappa shape index (κ2) is 8.13. The van der Waals surface area contributed by atoms with E-state index in [2.05, 4.69) is 18.8 Å². The van der Waals surface area contributed by atoms with Crippen molar-refractivity contribution in [1.82, 2.24) is 0 Å². The summed E-state index contributed by atoms with van der Waals surface area (Å²) in [5.74, 6) is -0.0486. The predicted molar refractivity (Wildman–Crippen MR) is 60.2 cm³/mol. The van der Waals surface area contributed by atoms with Crippen molar-refractivity contribution in [3.8, 4) is 0 Å². The summed E-state index contributed by atoms with van der Waals surface area (Å²) in [6, 6.07) is 0. The normalized spacial score (nSPS) is 14.2. The third kappa shape index (κ3) is 4.10. The van der Waals surface area contributed by atoms with Crippen LogP contribution >= 0.6 is 0 Å². The van der Waals surface area contributed by atoms with Gasteiger partial charge in [0.25, 0.3) is 0 Å². The third-order valence-corrected chi connectivity index (χ3v) is 2.42. The second-order valence-electron chi connectivity index (χ2n) is 3.39. The molecule has 1 heterocycles. The van der Waals surface area contributed by atoms with E-state index in [0.29, 0.717) is 12.3 Å². The minimum atomic E-state index is -0.334. The Morgan fingerprint density at radius 2 is 2.19 bits per heavy atom. The molecule has 87 valence electrons. The largest absolute Gasteiger partial charge is 0.461 e. The van der Waals surface area contributed by atoms with Crippen molar-refractivity contribution in [2.75, 3.05) is 6.61 Å². The quantitative estimate of drug-likeness (QED) is 0.577. The van der Waals surface area contributed by atoms with Crippen LogP contribution in [0.15, 0.2) is 16.8 Å². The summed E-state index contributed by atoms with van der Waals surface area (Å²) in [4.78, 5) is 15.6. The molecule has 0 fully saturated rings. The number of aliphatic imine (C=N–C) groups is 1. The van der Waals surface area contributed by atoms with E-state index in [1.165, 1.54) is 0 Å². The van der Waals surface area contributed by atoms with E-state index >= 15 is 0 Å². The van der Waals surface area contributed by atoms with Gasteiger partial charge in [-0.15, -0.1) is 0 Å². The van der Waals surface area contributed by atoms with Gasteiger partial charge < -0.3 is 18.6 Å². The minimum absolute atomic E-state index is 0. The molecule has 4 heteroatoms. The molecule has 3 nitrogen and oxygen atoms in total. The Bertz CT molecular complexity index is 293. The Balaban J connectivity index is 0.00000225. The molecule has 0 aromatic carbocycles. The number of ether oxygens (including phenoxy) is 1. The van der Waals surface area contributed by atoms with Crippen molar-refractivity contribution >= 4 is 11.7 Å². The van der Waals surface area contributed by atoms with E-state index in [-0.39, 0.29) is 44.6 Å². The molecule has 1 rings (SSSR count). The van der Waals surface area contributed by atoms with Crippen LogP contribution in [0.3, 0.4) is 0 Å². The molecule has 0 saturated heterocycles. The fourth-order valence-electron chi connectivity index (χ4n) is 1.52. The molecule has 1 radical (unpaired) electrons. The molecule has 1 aliphatic rings. The Hall–Kier alpha value is -0.0161. The summed E-state index contributed by atoms with van der Waals surface area (Å²) in [5.41, 5.74) is 1.43. The zero-order chi connectivity index (χ0) is 11.3. The first-order valence-corrected chi connectivity index (χ1v) is 5.26. The van der Waals surface area contributed by atoms with Crippen LogP contribution in [0, 0.1) is 19.8 Å². The van der Waals surface area contributed by atoms with Gasteiger partial charge in [0.1, 0.15) is 5.70 Å². The van der Waals surface area contributed by atoms with Crippen molar-refractivity contribution < 1.29 is 42.2 Å². The molecule has 0 bridgehead atoms. The standard InChI is InChI=1S/C12H17NO2.Y/c1-4-9(5-2)10-7-8-11(13-10)12(14)15-6-3;/h8-9H,1-2,4-7H2,3H3;/q-2;. The topological polar surface area (TPSA) is 38.7 Å². The Morgan fingerprint density at radius 3 is 2.69 bits per heavy atom. The molecule has 0 amide bonds. The Kier molecular flexibility index (Phi) is 8.12. The molecular weight excluding hydrogens is 279 g/mol. The first-order valence-electron chi connectivity index (χ1n) is 5.26. The summed E-state index contributed by atoms with van der Waals surface area (Å²) >= 11 is 0. The van der Waals surface area contributed by atoms with Crippen LogP contribution in [-0.4, -0.2) is 18.3 Å². The molecule has 1 aliphatic heterocycles. The summed E-state index contributed by atoms with van der Waals surface area (Å²) in [6.45, 7) is 9.86.